The molecule has 0 N–H and O–H groups in total. The van der Waals surface area contributed by atoms with Crippen LogP contribution < -0.4 is 4.74 Å². The van der Waals surface area contributed by atoms with Crippen molar-refractivity contribution in [3.63, 3.8) is 0 Å². The van der Waals surface area contributed by atoms with Crippen molar-refractivity contribution >= 4 is 17.5 Å². The Morgan fingerprint density at radius 1 is 1.42 bits per heavy atom. The van der Waals surface area contributed by atoms with E-state index in [4.69, 9.17) is 16.3 Å². The molecule has 0 radical (unpaired) electrons. The molecule has 0 fully saturated rings. The molecule has 0 spiro atoms. The van der Waals surface area contributed by atoms with E-state index in [2.05, 4.69) is 6.92 Å². The van der Waals surface area contributed by atoms with Crippen molar-refractivity contribution in [1.29, 1.82) is 0 Å². The SMILES string of the molecule is CCCCN(CCCl)C(=O)c1ccc2c(c1)CCO2. The Kier molecular flexibility index (Phi) is 5.08. The highest BCUT2D eigenvalue weighted by atomic mass is 35.5. The number of carbonyl (C=O) groups is 1. The smallest absolute Gasteiger partial charge is 0.253 e. The maximum absolute atomic E-state index is 12.5. The molecule has 19 heavy (non-hydrogen) atoms. The van der Waals surface area contributed by atoms with Crippen LogP contribution in [-0.4, -0.2) is 36.4 Å². The van der Waals surface area contributed by atoms with Crippen molar-refractivity contribution in [3.8, 4) is 5.75 Å². The molecule has 3 nitrogen and oxygen atoms in total. The normalized spacial score (nSPS) is 12.9. The molecule has 1 aromatic rings. The second-order valence-electron chi connectivity index (χ2n) is 4.76. The van der Waals surface area contributed by atoms with Gasteiger partial charge < -0.3 is 9.64 Å². The number of fused-ring (bicyclic) bond motifs is 1. The first-order valence-electron chi connectivity index (χ1n) is 6.87. The minimum absolute atomic E-state index is 0.0730. The van der Waals surface area contributed by atoms with Gasteiger partial charge in [-0.05, 0) is 30.2 Å². The third kappa shape index (κ3) is 3.41. The van der Waals surface area contributed by atoms with Crippen molar-refractivity contribution in [3.05, 3.63) is 29.3 Å². The summed E-state index contributed by atoms with van der Waals surface area (Å²) in [4.78, 5) is 14.3. The van der Waals surface area contributed by atoms with Gasteiger partial charge >= 0.3 is 0 Å². The van der Waals surface area contributed by atoms with Gasteiger partial charge in [0.05, 0.1) is 6.61 Å². The van der Waals surface area contributed by atoms with E-state index in [-0.39, 0.29) is 5.91 Å². The van der Waals surface area contributed by atoms with Crippen LogP contribution in [0.5, 0.6) is 5.75 Å². The number of rotatable bonds is 6. The Morgan fingerprint density at radius 2 is 2.26 bits per heavy atom. The summed E-state index contributed by atoms with van der Waals surface area (Å²) in [5.41, 5.74) is 1.87. The maximum Gasteiger partial charge on any atom is 0.253 e. The molecule has 0 saturated heterocycles. The van der Waals surface area contributed by atoms with Crippen LogP contribution in [0.15, 0.2) is 18.2 Å². The molecule has 0 atom stereocenters. The van der Waals surface area contributed by atoms with Gasteiger partial charge in [-0.25, -0.2) is 0 Å². The average molecular weight is 282 g/mol. The minimum atomic E-state index is 0.0730. The number of hydrogen-bond donors (Lipinski definition) is 0. The lowest BCUT2D eigenvalue weighted by Gasteiger charge is -2.21. The van der Waals surface area contributed by atoms with Crippen LogP contribution in [0.2, 0.25) is 0 Å². The summed E-state index contributed by atoms with van der Waals surface area (Å²) >= 11 is 5.79. The summed E-state index contributed by atoms with van der Waals surface area (Å²) in [6.07, 6.45) is 2.97. The van der Waals surface area contributed by atoms with Gasteiger partial charge in [-0.15, -0.1) is 11.6 Å². The van der Waals surface area contributed by atoms with E-state index in [9.17, 15) is 4.79 Å². The topological polar surface area (TPSA) is 29.5 Å². The Balaban J connectivity index is 2.11. The fourth-order valence-electron chi connectivity index (χ4n) is 2.27. The van der Waals surface area contributed by atoms with Crippen molar-refractivity contribution in [1.82, 2.24) is 4.90 Å². The molecule has 0 aromatic heterocycles. The fraction of sp³-hybridized carbons (Fsp3) is 0.533. The lowest BCUT2D eigenvalue weighted by Crippen LogP contribution is -2.33. The first-order chi connectivity index (χ1) is 9.26. The molecule has 104 valence electrons. The first-order valence-corrected chi connectivity index (χ1v) is 7.40. The fourth-order valence-corrected chi connectivity index (χ4v) is 2.47. The van der Waals surface area contributed by atoms with Crippen molar-refractivity contribution in [2.24, 2.45) is 0 Å². The molecular weight excluding hydrogens is 262 g/mol. The Labute approximate surface area is 119 Å². The van der Waals surface area contributed by atoms with Crippen LogP contribution in [0.25, 0.3) is 0 Å². The van der Waals surface area contributed by atoms with Crippen LogP contribution >= 0.6 is 11.6 Å². The molecule has 1 aliphatic rings. The Bertz CT molecular complexity index is 448. The van der Waals surface area contributed by atoms with Crippen LogP contribution in [0.4, 0.5) is 0 Å². The van der Waals surface area contributed by atoms with Gasteiger partial charge in [-0.1, -0.05) is 13.3 Å². The molecule has 0 saturated carbocycles. The third-order valence-corrected chi connectivity index (χ3v) is 3.53. The average Bonchev–Trinajstić information content (AvgIpc) is 2.90. The van der Waals surface area contributed by atoms with Gasteiger partial charge in [0.25, 0.3) is 5.91 Å². The van der Waals surface area contributed by atoms with E-state index in [0.29, 0.717) is 19.0 Å². The Hall–Kier alpha value is -1.22. The van der Waals surface area contributed by atoms with E-state index in [0.717, 1.165) is 42.7 Å². The van der Waals surface area contributed by atoms with Gasteiger partial charge in [0.1, 0.15) is 5.75 Å². The molecule has 0 unspecified atom stereocenters. The first kappa shape index (κ1) is 14.2. The van der Waals surface area contributed by atoms with E-state index in [1.165, 1.54) is 0 Å². The summed E-state index contributed by atoms with van der Waals surface area (Å²) in [6.45, 7) is 4.22. The molecule has 2 rings (SSSR count). The van der Waals surface area contributed by atoms with Gasteiger partial charge in [0, 0.05) is 31.0 Å². The molecule has 1 heterocycles. The second kappa shape index (κ2) is 6.80. The van der Waals surface area contributed by atoms with E-state index in [1.807, 2.05) is 23.1 Å². The maximum atomic E-state index is 12.5. The highest BCUT2D eigenvalue weighted by Gasteiger charge is 2.18. The predicted octanol–water partition coefficient (Wildman–Crippen LogP) is 3.10. The summed E-state index contributed by atoms with van der Waals surface area (Å²) in [6, 6.07) is 5.70. The molecular formula is C15H20ClNO2. The van der Waals surface area contributed by atoms with Gasteiger partial charge in [-0.3, -0.25) is 4.79 Å². The minimum Gasteiger partial charge on any atom is -0.493 e. The summed E-state index contributed by atoms with van der Waals surface area (Å²) in [7, 11) is 0. The second-order valence-corrected chi connectivity index (χ2v) is 5.13. The largest absolute Gasteiger partial charge is 0.493 e. The standard InChI is InChI=1S/C15H20ClNO2/c1-2-3-8-17(9-7-16)15(18)13-4-5-14-12(11-13)6-10-19-14/h4-5,11H,2-3,6-10H2,1H3. The molecule has 4 heteroatoms. The number of hydrogen-bond acceptors (Lipinski definition) is 2. The van der Waals surface area contributed by atoms with Crippen molar-refractivity contribution < 1.29 is 9.53 Å². The van der Waals surface area contributed by atoms with E-state index in [1.54, 1.807) is 0 Å². The number of carbonyl (C=O) groups excluding carboxylic acids is 1. The number of halogens is 1. The number of nitrogens with zero attached hydrogens (tertiary/aromatic N) is 1. The third-order valence-electron chi connectivity index (χ3n) is 3.36. The van der Waals surface area contributed by atoms with Crippen LogP contribution in [-0.2, 0) is 6.42 Å². The number of unbranched alkanes of at least 4 members (excludes halogenated alkanes) is 1. The molecule has 1 amide bonds. The van der Waals surface area contributed by atoms with E-state index < -0.39 is 0 Å². The lowest BCUT2D eigenvalue weighted by atomic mass is 10.1. The Morgan fingerprint density at radius 3 is 3.00 bits per heavy atom. The van der Waals surface area contributed by atoms with Crippen LogP contribution in [0.1, 0.15) is 35.7 Å². The molecule has 0 bridgehead atoms. The predicted molar refractivity (Wildman–Crippen MR) is 77.2 cm³/mol. The lowest BCUT2D eigenvalue weighted by molar-refractivity contribution is 0.0763. The molecule has 1 aliphatic heterocycles. The highest BCUT2D eigenvalue weighted by Crippen LogP contribution is 2.26. The number of amides is 1. The zero-order valence-electron chi connectivity index (χ0n) is 11.3. The number of ether oxygens (including phenoxy) is 1. The van der Waals surface area contributed by atoms with Crippen LogP contribution in [0.3, 0.4) is 0 Å². The summed E-state index contributed by atoms with van der Waals surface area (Å²) in [5.74, 6) is 1.46. The highest BCUT2D eigenvalue weighted by molar-refractivity contribution is 6.18. The number of alkyl halides is 1. The van der Waals surface area contributed by atoms with Crippen molar-refractivity contribution in [2.45, 2.75) is 26.2 Å². The molecule has 0 aliphatic carbocycles. The monoisotopic (exact) mass is 281 g/mol. The zero-order valence-corrected chi connectivity index (χ0v) is 12.1. The van der Waals surface area contributed by atoms with Gasteiger partial charge in [0.15, 0.2) is 0 Å². The summed E-state index contributed by atoms with van der Waals surface area (Å²) < 4.78 is 5.46. The summed E-state index contributed by atoms with van der Waals surface area (Å²) in [5, 5.41) is 0. The van der Waals surface area contributed by atoms with E-state index >= 15 is 0 Å². The quantitative estimate of drug-likeness (QED) is 0.750. The van der Waals surface area contributed by atoms with Crippen LogP contribution in [0, 0.1) is 0 Å². The zero-order chi connectivity index (χ0) is 13.7. The van der Waals surface area contributed by atoms with Gasteiger partial charge in [-0.2, -0.15) is 0 Å². The van der Waals surface area contributed by atoms with Gasteiger partial charge in [0.2, 0.25) is 0 Å². The number of benzene rings is 1. The van der Waals surface area contributed by atoms with Crippen molar-refractivity contribution in [2.75, 3.05) is 25.6 Å². The molecule has 1 aromatic carbocycles.